The van der Waals surface area contributed by atoms with Crippen molar-refractivity contribution in [2.24, 2.45) is 0 Å². The third kappa shape index (κ3) is 10.5. The number of carbonyl (C=O) groups excluding carboxylic acids is 1. The van der Waals surface area contributed by atoms with E-state index in [0.29, 0.717) is 44.2 Å². The number of fused-ring (bicyclic) bond motifs is 1. The molecule has 0 aromatic heterocycles. The van der Waals surface area contributed by atoms with Crippen molar-refractivity contribution in [1.29, 1.82) is 0 Å². The number of hydrogen-bond acceptors (Lipinski definition) is 8. The van der Waals surface area contributed by atoms with Crippen LogP contribution in [0, 0.1) is 0 Å². The minimum Gasteiger partial charge on any atom is -0.496 e. The van der Waals surface area contributed by atoms with Crippen LogP contribution in [0.25, 0.3) is 11.1 Å². The fraction of sp³-hybridized carbons (Fsp3) is 0.241. The number of hydrogen-bond donors (Lipinski definition) is 0. The van der Waals surface area contributed by atoms with Gasteiger partial charge in [-0.05, 0) is 68.3 Å². The zero-order valence-corrected chi connectivity index (χ0v) is 35.1. The van der Waals surface area contributed by atoms with E-state index >= 15 is 0 Å². The molecule has 62 heavy (non-hydrogen) atoms. The summed E-state index contributed by atoms with van der Waals surface area (Å²) in [6.07, 6.45) is -2.57. The van der Waals surface area contributed by atoms with Gasteiger partial charge in [-0.25, -0.2) is 4.79 Å². The molecule has 0 spiro atoms. The molecule has 1 heterocycles. The minimum atomic E-state index is -0.626. The molecule has 0 amide bonds. The molecule has 0 radical (unpaired) electrons. The fourth-order valence-electron chi connectivity index (χ4n) is 8.21. The maximum Gasteiger partial charge on any atom is 0.338 e. The van der Waals surface area contributed by atoms with E-state index < -0.39 is 30.5 Å². The predicted octanol–water partition coefficient (Wildman–Crippen LogP) is 10.6. The molecule has 2 aliphatic carbocycles. The van der Waals surface area contributed by atoms with E-state index in [0.717, 1.165) is 50.1 Å². The molecule has 8 heteroatoms. The second-order valence-electron chi connectivity index (χ2n) is 15.4. The summed E-state index contributed by atoms with van der Waals surface area (Å²) in [5, 5.41) is 0. The van der Waals surface area contributed by atoms with E-state index in [9.17, 15) is 4.79 Å². The first-order valence-corrected chi connectivity index (χ1v) is 21.1. The van der Waals surface area contributed by atoms with Crippen LogP contribution in [0.3, 0.4) is 0 Å². The van der Waals surface area contributed by atoms with Crippen molar-refractivity contribution in [1.82, 2.24) is 0 Å². The average Bonchev–Trinajstić information content (AvgIpc) is 3.49. The largest absolute Gasteiger partial charge is 0.496 e. The van der Waals surface area contributed by atoms with Crippen molar-refractivity contribution in [3.8, 4) is 16.9 Å². The molecule has 8 rings (SSSR count). The lowest BCUT2D eigenvalue weighted by Gasteiger charge is -2.46. The first kappa shape index (κ1) is 42.6. The van der Waals surface area contributed by atoms with E-state index in [1.807, 2.05) is 127 Å². The molecule has 1 aliphatic heterocycles. The molecule has 1 fully saturated rings. The van der Waals surface area contributed by atoms with Crippen molar-refractivity contribution in [3.05, 3.63) is 220 Å². The lowest BCUT2D eigenvalue weighted by molar-refractivity contribution is -0.275. The highest BCUT2D eigenvalue weighted by Gasteiger charge is 2.49. The maximum atomic E-state index is 13.4. The smallest absolute Gasteiger partial charge is 0.338 e. The van der Waals surface area contributed by atoms with E-state index in [1.54, 1.807) is 7.11 Å². The van der Waals surface area contributed by atoms with Crippen LogP contribution in [0.4, 0.5) is 0 Å². The lowest BCUT2D eigenvalue weighted by atomic mass is 9.89. The van der Waals surface area contributed by atoms with Crippen LogP contribution in [0.5, 0.6) is 5.75 Å². The van der Waals surface area contributed by atoms with Gasteiger partial charge in [0.25, 0.3) is 0 Å². The van der Waals surface area contributed by atoms with Gasteiger partial charge in [-0.1, -0.05) is 158 Å². The van der Waals surface area contributed by atoms with Crippen molar-refractivity contribution < 1.29 is 38.0 Å². The topological polar surface area (TPSA) is 81.7 Å². The number of methoxy groups -OCH3 is 2. The molecule has 8 nitrogen and oxygen atoms in total. The maximum absolute atomic E-state index is 13.4. The quantitative estimate of drug-likeness (QED) is 0.0791. The Hall–Kier alpha value is -6.13. The van der Waals surface area contributed by atoms with Gasteiger partial charge in [0, 0.05) is 6.42 Å². The summed E-state index contributed by atoms with van der Waals surface area (Å²) in [4.78, 5) is 13.4. The molecule has 0 bridgehead atoms. The Morgan fingerprint density at radius 3 is 1.61 bits per heavy atom. The van der Waals surface area contributed by atoms with Crippen LogP contribution in [0.2, 0.25) is 0 Å². The van der Waals surface area contributed by atoms with Gasteiger partial charge in [-0.2, -0.15) is 0 Å². The first-order chi connectivity index (χ1) is 30.6. The molecule has 0 unspecified atom stereocenters. The lowest BCUT2D eigenvalue weighted by Crippen LogP contribution is -2.58. The van der Waals surface area contributed by atoms with Gasteiger partial charge in [0.1, 0.15) is 36.3 Å². The summed E-state index contributed by atoms with van der Waals surface area (Å²) in [7, 11) is 3.07. The summed E-state index contributed by atoms with van der Waals surface area (Å²) in [5.74, 6) is 0.293. The Bertz CT molecular complexity index is 2420. The molecule has 3 aliphatic rings. The van der Waals surface area contributed by atoms with E-state index in [2.05, 4.69) is 48.5 Å². The number of rotatable bonds is 18. The van der Waals surface area contributed by atoms with Gasteiger partial charge in [0.05, 0.1) is 52.8 Å². The highest BCUT2D eigenvalue weighted by molar-refractivity contribution is 6.01. The highest BCUT2D eigenvalue weighted by atomic mass is 16.6. The normalized spacial score (nSPS) is 18.6. The monoisotopic (exact) mass is 828 g/mol. The highest BCUT2D eigenvalue weighted by Crippen LogP contribution is 2.41. The average molecular weight is 829 g/mol. The molecule has 0 N–H and O–H groups in total. The first-order valence-electron chi connectivity index (χ1n) is 21.1. The van der Waals surface area contributed by atoms with Crippen LogP contribution in [0.1, 0.15) is 55.4 Å². The van der Waals surface area contributed by atoms with Crippen molar-refractivity contribution in [2.45, 2.75) is 63.4 Å². The van der Waals surface area contributed by atoms with Crippen LogP contribution >= 0.6 is 0 Å². The van der Waals surface area contributed by atoms with Crippen molar-refractivity contribution in [3.63, 3.8) is 0 Å². The Kier molecular flexibility index (Phi) is 14.5. The second kappa shape index (κ2) is 21.1. The second-order valence-corrected chi connectivity index (χ2v) is 15.4. The van der Waals surface area contributed by atoms with Crippen LogP contribution in [-0.4, -0.2) is 51.2 Å². The Morgan fingerprint density at radius 2 is 1.05 bits per heavy atom. The standard InChI is InChI=1S/C54H52O8/c1-56-47-29-28-43(31-44(47)32-45-30-42-26-16-7-17-27-46(42)49(45)54(55)57-2)50-52(60-35-40-22-12-5-13-23-40)53(61-36-41-24-14-6-15-25-41)51(59-34-39-20-10-4-11-21-39)48(62-50)37-58-33-38-18-8-3-9-19-38/h3-31,48,50-53H,32-37H2,1-2H3/t48-,50+,51-,52+,53+/m1/s1. The number of ether oxygens (including phenoxy) is 7. The SMILES string of the molecule is COC(=O)c1c(Cc2cc([C@@H]3O[C@H](COCc4ccccc4)[C@@H](OCc4ccccc4)[C@H](OCc4ccccc4)[C@H]3OCc3ccccc3)ccc2OC)cc2cccccc1-2. The van der Waals surface area contributed by atoms with Gasteiger partial charge in [0.15, 0.2) is 0 Å². The molecule has 316 valence electrons. The number of carbonyl (C=O) groups is 1. The van der Waals surface area contributed by atoms with Crippen LogP contribution in [0.15, 0.2) is 176 Å². The summed E-state index contributed by atoms with van der Waals surface area (Å²) in [6.45, 7) is 1.64. The molecular weight excluding hydrogens is 777 g/mol. The van der Waals surface area contributed by atoms with E-state index in [1.165, 1.54) is 7.11 Å². The van der Waals surface area contributed by atoms with Gasteiger partial charge in [-0.15, -0.1) is 0 Å². The van der Waals surface area contributed by atoms with Crippen molar-refractivity contribution >= 4 is 5.97 Å². The van der Waals surface area contributed by atoms with Crippen LogP contribution in [-0.2, 0) is 61.3 Å². The van der Waals surface area contributed by atoms with E-state index in [4.69, 9.17) is 33.2 Å². The zero-order chi connectivity index (χ0) is 42.5. The van der Waals surface area contributed by atoms with E-state index in [-0.39, 0.29) is 12.6 Å². The minimum absolute atomic E-state index is 0.241. The van der Waals surface area contributed by atoms with Crippen LogP contribution < -0.4 is 4.74 Å². The van der Waals surface area contributed by atoms with Gasteiger partial charge in [-0.3, -0.25) is 0 Å². The van der Waals surface area contributed by atoms with Gasteiger partial charge in [0.2, 0.25) is 0 Å². The third-order valence-electron chi connectivity index (χ3n) is 11.3. The molecular formula is C54H52O8. The zero-order valence-electron chi connectivity index (χ0n) is 35.1. The third-order valence-corrected chi connectivity index (χ3v) is 11.3. The molecule has 5 atom stereocenters. The van der Waals surface area contributed by atoms with Gasteiger partial charge < -0.3 is 33.2 Å². The number of esters is 1. The molecule has 5 aromatic carbocycles. The number of benzene rings is 5. The Balaban J connectivity index is 1.20. The summed E-state index contributed by atoms with van der Waals surface area (Å²) in [6, 6.07) is 58.4. The van der Waals surface area contributed by atoms with Crippen molar-refractivity contribution in [2.75, 3.05) is 20.8 Å². The predicted molar refractivity (Wildman–Crippen MR) is 239 cm³/mol. The van der Waals surface area contributed by atoms with Gasteiger partial charge >= 0.3 is 5.97 Å². The summed E-state index contributed by atoms with van der Waals surface area (Å²) >= 11 is 0. The fourth-order valence-corrected chi connectivity index (χ4v) is 8.21. The summed E-state index contributed by atoms with van der Waals surface area (Å²) < 4.78 is 45.9. The molecule has 5 aromatic rings. The Labute approximate surface area is 364 Å². The summed E-state index contributed by atoms with van der Waals surface area (Å²) in [5.41, 5.74) is 9.02. The molecule has 0 saturated carbocycles. The Morgan fingerprint density at radius 1 is 0.532 bits per heavy atom. The molecule has 1 saturated heterocycles.